The number of aromatic nitrogens is 1. The van der Waals surface area contributed by atoms with Crippen LogP contribution in [0.25, 0.3) is 0 Å². The number of likely N-dealkylation sites (tertiary alicyclic amines) is 1. The van der Waals surface area contributed by atoms with Gasteiger partial charge in [-0.05, 0) is 63.2 Å². The molecule has 2 heterocycles. The van der Waals surface area contributed by atoms with Gasteiger partial charge in [0.25, 0.3) is 0 Å². The number of anilines is 1. The number of nitrogens with zero attached hydrogens (tertiary/aromatic N) is 2. The predicted octanol–water partition coefficient (Wildman–Crippen LogP) is 2.02. The normalized spacial score (nSPS) is 18.0. The van der Waals surface area contributed by atoms with Crippen molar-refractivity contribution < 1.29 is 13.2 Å². The van der Waals surface area contributed by atoms with Gasteiger partial charge < -0.3 is 9.88 Å². The van der Waals surface area contributed by atoms with Crippen molar-refractivity contribution in [2.24, 2.45) is 7.05 Å². The van der Waals surface area contributed by atoms with Crippen LogP contribution in [0.15, 0.2) is 41.4 Å². The lowest BCUT2D eigenvalue weighted by Crippen LogP contribution is -2.33. The molecule has 1 amide bonds. The molecule has 0 saturated carbocycles. The zero-order valence-electron chi connectivity index (χ0n) is 15.9. The summed E-state index contributed by atoms with van der Waals surface area (Å²) in [5.74, 6) is -0.146. The molecular weight excluding hydrogens is 364 g/mol. The number of nitrogens with one attached hydrogen (secondary N) is 2. The van der Waals surface area contributed by atoms with E-state index >= 15 is 0 Å². The molecule has 2 N–H and O–H groups in total. The van der Waals surface area contributed by atoms with Crippen molar-refractivity contribution in [2.45, 2.75) is 30.7 Å². The molecule has 3 rings (SSSR count). The highest BCUT2D eigenvalue weighted by Crippen LogP contribution is 2.31. The Morgan fingerprint density at radius 1 is 1.30 bits per heavy atom. The van der Waals surface area contributed by atoms with E-state index < -0.39 is 10.0 Å². The minimum atomic E-state index is -3.57. The molecule has 0 unspecified atom stereocenters. The molecule has 7 nitrogen and oxygen atoms in total. The summed E-state index contributed by atoms with van der Waals surface area (Å²) >= 11 is 0. The number of amides is 1. The Labute approximate surface area is 160 Å². The quantitative estimate of drug-likeness (QED) is 0.790. The fourth-order valence-electron chi connectivity index (χ4n) is 3.63. The van der Waals surface area contributed by atoms with Crippen LogP contribution in [0.3, 0.4) is 0 Å². The van der Waals surface area contributed by atoms with Crippen LogP contribution >= 0.6 is 0 Å². The summed E-state index contributed by atoms with van der Waals surface area (Å²) in [4.78, 5) is 14.9. The highest BCUT2D eigenvalue weighted by atomic mass is 32.2. The lowest BCUT2D eigenvalue weighted by atomic mass is 10.1. The first-order valence-electron chi connectivity index (χ1n) is 9.01. The third kappa shape index (κ3) is 4.23. The number of carbonyl (C=O) groups excluding carboxylic acids is 1. The van der Waals surface area contributed by atoms with E-state index in [1.807, 2.05) is 19.3 Å². The van der Waals surface area contributed by atoms with Gasteiger partial charge >= 0.3 is 0 Å². The van der Waals surface area contributed by atoms with Gasteiger partial charge in [0.15, 0.2) is 0 Å². The first kappa shape index (κ1) is 19.6. The maximum atomic E-state index is 12.6. The van der Waals surface area contributed by atoms with Gasteiger partial charge in [-0.15, -0.1) is 0 Å². The van der Waals surface area contributed by atoms with Crippen molar-refractivity contribution in [1.29, 1.82) is 0 Å². The number of rotatable bonds is 6. The summed E-state index contributed by atoms with van der Waals surface area (Å²) in [7, 11) is -0.179. The van der Waals surface area contributed by atoms with E-state index in [4.69, 9.17) is 0 Å². The zero-order chi connectivity index (χ0) is 19.6. The summed E-state index contributed by atoms with van der Waals surface area (Å²) in [5, 5.41) is 2.83. The van der Waals surface area contributed by atoms with Gasteiger partial charge in [-0.1, -0.05) is 6.07 Å². The number of hydrogen-bond donors (Lipinski definition) is 2. The highest BCUT2D eigenvalue weighted by molar-refractivity contribution is 7.89. The zero-order valence-corrected chi connectivity index (χ0v) is 16.7. The molecule has 1 aliphatic heterocycles. The van der Waals surface area contributed by atoms with Gasteiger partial charge in [0, 0.05) is 24.6 Å². The Balaban J connectivity index is 1.71. The highest BCUT2D eigenvalue weighted by Gasteiger charge is 2.29. The summed E-state index contributed by atoms with van der Waals surface area (Å²) in [5.41, 5.74) is 2.32. The van der Waals surface area contributed by atoms with E-state index in [2.05, 4.69) is 25.6 Å². The van der Waals surface area contributed by atoms with Gasteiger partial charge in [-0.3, -0.25) is 9.69 Å². The molecule has 8 heteroatoms. The number of hydrogen-bond acceptors (Lipinski definition) is 4. The average Bonchev–Trinajstić information content (AvgIpc) is 3.24. The minimum Gasteiger partial charge on any atom is -0.353 e. The standard InChI is InChI=1S/C19H26N4O3S/c1-14-8-9-15(12-18(14)27(25,26)20-2)21-19(24)13-23-11-5-7-17(23)16-6-4-10-22(16)3/h4,6,8-10,12,17,20H,5,7,11,13H2,1-3H3,(H,21,24)/t17-/m0/s1. The van der Waals surface area contributed by atoms with Crippen LogP contribution in [-0.2, 0) is 21.9 Å². The molecule has 27 heavy (non-hydrogen) atoms. The molecule has 1 atom stereocenters. The number of carbonyl (C=O) groups is 1. The second kappa shape index (κ2) is 7.84. The molecular formula is C19H26N4O3S. The van der Waals surface area contributed by atoms with Gasteiger partial charge in [0.2, 0.25) is 15.9 Å². The topological polar surface area (TPSA) is 83.4 Å². The molecule has 0 bridgehead atoms. The molecule has 0 aliphatic carbocycles. The average molecular weight is 391 g/mol. The maximum absolute atomic E-state index is 12.6. The van der Waals surface area contributed by atoms with Gasteiger partial charge in [0.1, 0.15) is 0 Å². The monoisotopic (exact) mass is 390 g/mol. The van der Waals surface area contributed by atoms with Crippen molar-refractivity contribution in [3.8, 4) is 0 Å². The van der Waals surface area contributed by atoms with Crippen LogP contribution in [0.2, 0.25) is 0 Å². The third-order valence-corrected chi connectivity index (χ3v) is 6.62. The Hall–Kier alpha value is -2.16. The Morgan fingerprint density at radius 3 is 2.74 bits per heavy atom. The van der Waals surface area contributed by atoms with E-state index in [0.717, 1.165) is 19.4 Å². The minimum absolute atomic E-state index is 0.146. The van der Waals surface area contributed by atoms with Crippen LogP contribution in [0, 0.1) is 6.92 Å². The molecule has 1 aliphatic rings. The second-order valence-electron chi connectivity index (χ2n) is 6.91. The molecule has 1 aromatic carbocycles. The molecule has 2 aromatic rings. The lowest BCUT2D eigenvalue weighted by molar-refractivity contribution is -0.117. The van der Waals surface area contributed by atoms with Crippen LogP contribution in [0.5, 0.6) is 0 Å². The molecule has 0 spiro atoms. The third-order valence-electron chi connectivity index (χ3n) is 5.07. The number of benzene rings is 1. The van der Waals surface area contributed by atoms with Crippen LogP contribution in [-0.4, -0.2) is 43.9 Å². The predicted molar refractivity (Wildman–Crippen MR) is 105 cm³/mol. The largest absolute Gasteiger partial charge is 0.353 e. The van der Waals surface area contributed by atoms with E-state index in [-0.39, 0.29) is 23.4 Å². The molecule has 1 fully saturated rings. The Morgan fingerprint density at radius 2 is 2.07 bits per heavy atom. The van der Waals surface area contributed by atoms with Crippen LogP contribution in [0.4, 0.5) is 5.69 Å². The van der Waals surface area contributed by atoms with Crippen molar-refractivity contribution in [2.75, 3.05) is 25.5 Å². The van der Waals surface area contributed by atoms with Crippen molar-refractivity contribution in [3.63, 3.8) is 0 Å². The van der Waals surface area contributed by atoms with Crippen molar-refractivity contribution in [3.05, 3.63) is 47.8 Å². The van der Waals surface area contributed by atoms with E-state index in [9.17, 15) is 13.2 Å². The second-order valence-corrected chi connectivity index (χ2v) is 8.76. The van der Waals surface area contributed by atoms with E-state index in [1.54, 1.807) is 19.1 Å². The lowest BCUT2D eigenvalue weighted by Gasteiger charge is -2.24. The first-order chi connectivity index (χ1) is 12.8. The summed E-state index contributed by atoms with van der Waals surface area (Å²) in [6.45, 7) is 2.87. The smallest absolute Gasteiger partial charge is 0.240 e. The fraction of sp³-hybridized carbons (Fsp3) is 0.421. The molecule has 146 valence electrons. The van der Waals surface area contributed by atoms with E-state index in [0.29, 0.717) is 11.3 Å². The SMILES string of the molecule is CNS(=O)(=O)c1cc(NC(=O)CN2CCC[C@H]2c2cccn2C)ccc1C. The van der Waals surface area contributed by atoms with Gasteiger partial charge in [0.05, 0.1) is 17.5 Å². The first-order valence-corrected chi connectivity index (χ1v) is 10.5. The summed E-state index contributed by atoms with van der Waals surface area (Å²) in [6, 6.07) is 9.26. The Bertz CT molecular complexity index is 936. The number of aryl methyl sites for hydroxylation is 2. The summed E-state index contributed by atoms with van der Waals surface area (Å²) in [6.07, 6.45) is 4.10. The molecule has 1 aromatic heterocycles. The van der Waals surface area contributed by atoms with E-state index in [1.165, 1.54) is 18.8 Å². The van der Waals surface area contributed by atoms with Crippen LogP contribution < -0.4 is 10.0 Å². The Kier molecular flexibility index (Phi) is 5.69. The fourth-order valence-corrected chi connectivity index (χ4v) is 4.63. The molecule has 1 saturated heterocycles. The van der Waals surface area contributed by atoms with Gasteiger partial charge in [-0.2, -0.15) is 0 Å². The maximum Gasteiger partial charge on any atom is 0.240 e. The molecule has 0 radical (unpaired) electrons. The van der Waals surface area contributed by atoms with Gasteiger partial charge in [-0.25, -0.2) is 13.1 Å². The summed E-state index contributed by atoms with van der Waals surface area (Å²) < 4.78 is 28.6. The number of sulfonamides is 1. The van der Waals surface area contributed by atoms with Crippen molar-refractivity contribution in [1.82, 2.24) is 14.2 Å². The van der Waals surface area contributed by atoms with Crippen molar-refractivity contribution >= 4 is 21.6 Å². The van der Waals surface area contributed by atoms with Crippen LogP contribution in [0.1, 0.15) is 30.1 Å².